The minimum atomic E-state index is -1.15. The van der Waals surface area contributed by atoms with E-state index in [2.05, 4.69) is 0 Å². The van der Waals surface area contributed by atoms with Crippen molar-refractivity contribution in [1.29, 1.82) is 0 Å². The summed E-state index contributed by atoms with van der Waals surface area (Å²) in [4.78, 5) is 22.9. The Morgan fingerprint density at radius 2 is 1.52 bits per heavy atom. The van der Waals surface area contributed by atoms with Crippen LogP contribution in [0.5, 0.6) is 0 Å². The molecule has 1 N–H and O–H groups in total. The average molecular weight is 314 g/mol. The summed E-state index contributed by atoms with van der Waals surface area (Å²) in [5.74, 6) is -1.78. The van der Waals surface area contributed by atoms with Gasteiger partial charge in [-0.15, -0.1) is 0 Å². The highest BCUT2D eigenvalue weighted by molar-refractivity contribution is 6.02. The highest BCUT2D eigenvalue weighted by atomic mass is 16.5. The van der Waals surface area contributed by atoms with Crippen LogP contribution in [0.25, 0.3) is 0 Å². The molecule has 0 spiro atoms. The van der Waals surface area contributed by atoms with Gasteiger partial charge in [-0.2, -0.15) is 0 Å². The summed E-state index contributed by atoms with van der Waals surface area (Å²) >= 11 is 0. The van der Waals surface area contributed by atoms with Crippen LogP contribution in [0.3, 0.4) is 0 Å². The first kappa shape index (κ1) is 16.7. The molecule has 0 heterocycles. The Balaban J connectivity index is 1.70. The van der Waals surface area contributed by atoms with Crippen LogP contribution in [0.15, 0.2) is 54.6 Å². The van der Waals surface area contributed by atoms with Gasteiger partial charge in [0.25, 0.3) is 0 Å². The number of benzene rings is 2. The zero-order chi connectivity index (χ0) is 16.5. The lowest BCUT2D eigenvalue weighted by atomic mass is 10.1. The molecule has 0 saturated heterocycles. The molecule has 5 heteroatoms. The molecule has 0 radical (unpaired) electrons. The quantitative estimate of drug-likeness (QED) is 0.598. The molecule has 2 aromatic carbocycles. The van der Waals surface area contributed by atoms with Crippen LogP contribution in [0.4, 0.5) is 0 Å². The monoisotopic (exact) mass is 314 g/mol. The fourth-order valence-corrected chi connectivity index (χ4v) is 2.02. The molecule has 0 fully saturated rings. The second kappa shape index (κ2) is 8.70. The minimum Gasteiger partial charge on any atom is -0.478 e. The van der Waals surface area contributed by atoms with E-state index in [0.717, 1.165) is 5.56 Å². The maximum Gasteiger partial charge on any atom is 0.339 e. The largest absolute Gasteiger partial charge is 0.478 e. The van der Waals surface area contributed by atoms with Crippen LogP contribution in [0, 0.1) is 0 Å². The molecule has 0 amide bonds. The fraction of sp³-hybridized carbons (Fsp3) is 0.222. The normalized spacial score (nSPS) is 10.3. The SMILES string of the molecule is O=C(O)c1ccccc1C(=O)OCCCOCc1ccccc1. The van der Waals surface area contributed by atoms with Gasteiger partial charge in [-0.3, -0.25) is 0 Å². The van der Waals surface area contributed by atoms with E-state index in [1.165, 1.54) is 12.1 Å². The van der Waals surface area contributed by atoms with E-state index >= 15 is 0 Å². The van der Waals surface area contributed by atoms with Gasteiger partial charge in [0.05, 0.1) is 30.9 Å². The molecule has 0 bridgehead atoms. The van der Waals surface area contributed by atoms with E-state index < -0.39 is 11.9 Å². The Morgan fingerprint density at radius 3 is 2.22 bits per heavy atom. The van der Waals surface area contributed by atoms with E-state index in [1.807, 2.05) is 30.3 Å². The van der Waals surface area contributed by atoms with Gasteiger partial charge in [0.1, 0.15) is 0 Å². The highest BCUT2D eigenvalue weighted by Gasteiger charge is 2.16. The van der Waals surface area contributed by atoms with Crippen molar-refractivity contribution in [3.63, 3.8) is 0 Å². The van der Waals surface area contributed by atoms with Gasteiger partial charge >= 0.3 is 11.9 Å². The number of aromatic carboxylic acids is 1. The lowest BCUT2D eigenvalue weighted by Gasteiger charge is -2.08. The number of carbonyl (C=O) groups is 2. The number of ether oxygens (including phenoxy) is 2. The molecule has 5 nitrogen and oxygen atoms in total. The van der Waals surface area contributed by atoms with Gasteiger partial charge < -0.3 is 14.6 Å². The maximum absolute atomic E-state index is 11.9. The van der Waals surface area contributed by atoms with E-state index in [1.54, 1.807) is 12.1 Å². The zero-order valence-corrected chi connectivity index (χ0v) is 12.6. The molecule has 120 valence electrons. The van der Waals surface area contributed by atoms with Crippen molar-refractivity contribution in [1.82, 2.24) is 0 Å². The van der Waals surface area contributed by atoms with E-state index in [9.17, 15) is 9.59 Å². The summed E-state index contributed by atoms with van der Waals surface area (Å²) in [6, 6.07) is 15.8. The van der Waals surface area contributed by atoms with E-state index in [4.69, 9.17) is 14.6 Å². The van der Waals surface area contributed by atoms with Crippen LogP contribution < -0.4 is 0 Å². The number of hydrogen-bond acceptors (Lipinski definition) is 4. The first-order chi connectivity index (χ1) is 11.2. The van der Waals surface area contributed by atoms with E-state index in [0.29, 0.717) is 19.6 Å². The van der Waals surface area contributed by atoms with Crippen LogP contribution in [-0.4, -0.2) is 30.3 Å². The molecule has 2 rings (SSSR count). The molecule has 0 aliphatic rings. The second-order valence-corrected chi connectivity index (χ2v) is 4.88. The van der Waals surface area contributed by atoms with Gasteiger partial charge in [0, 0.05) is 6.42 Å². The summed E-state index contributed by atoms with van der Waals surface area (Å²) in [5.41, 5.74) is 1.09. The summed E-state index contributed by atoms with van der Waals surface area (Å²) in [6.45, 7) is 1.15. The standard InChI is InChI=1S/C18H18O5/c19-17(20)15-9-4-5-10-16(15)18(21)23-12-6-11-22-13-14-7-2-1-3-8-14/h1-5,7-10H,6,11-13H2,(H,19,20). The van der Waals surface area contributed by atoms with Crippen LogP contribution in [0.2, 0.25) is 0 Å². The summed E-state index contributed by atoms with van der Waals surface area (Å²) in [7, 11) is 0. The summed E-state index contributed by atoms with van der Waals surface area (Å²) < 4.78 is 10.6. The van der Waals surface area contributed by atoms with Crippen LogP contribution in [-0.2, 0) is 16.1 Å². The molecule has 0 unspecified atom stereocenters. The number of carboxylic acid groups (broad SMARTS) is 1. The molecule has 2 aromatic rings. The Morgan fingerprint density at radius 1 is 0.870 bits per heavy atom. The van der Waals surface area contributed by atoms with Crippen molar-refractivity contribution in [2.75, 3.05) is 13.2 Å². The lowest BCUT2D eigenvalue weighted by Crippen LogP contribution is -2.13. The minimum absolute atomic E-state index is 0.0576. The molecular formula is C18H18O5. The Hall–Kier alpha value is -2.66. The second-order valence-electron chi connectivity index (χ2n) is 4.88. The molecule has 0 aromatic heterocycles. The lowest BCUT2D eigenvalue weighted by molar-refractivity contribution is 0.0426. The smallest absolute Gasteiger partial charge is 0.339 e. The molecule has 0 aliphatic carbocycles. The van der Waals surface area contributed by atoms with Crippen molar-refractivity contribution in [3.8, 4) is 0 Å². The molecule has 23 heavy (non-hydrogen) atoms. The van der Waals surface area contributed by atoms with Gasteiger partial charge in [0.15, 0.2) is 0 Å². The van der Waals surface area contributed by atoms with Crippen molar-refractivity contribution in [2.45, 2.75) is 13.0 Å². The number of carbonyl (C=O) groups excluding carboxylic acids is 1. The Labute approximate surface area is 134 Å². The maximum atomic E-state index is 11.9. The summed E-state index contributed by atoms with van der Waals surface area (Å²) in [6.07, 6.45) is 0.549. The first-order valence-electron chi connectivity index (χ1n) is 7.29. The van der Waals surface area contributed by atoms with Gasteiger partial charge in [-0.25, -0.2) is 9.59 Å². The van der Waals surface area contributed by atoms with Gasteiger partial charge in [-0.1, -0.05) is 42.5 Å². The Kier molecular flexibility index (Phi) is 6.32. The topological polar surface area (TPSA) is 72.8 Å². The number of carboxylic acids is 1. The molecule has 0 atom stereocenters. The first-order valence-corrected chi connectivity index (χ1v) is 7.29. The van der Waals surface area contributed by atoms with Crippen LogP contribution in [0.1, 0.15) is 32.7 Å². The third-order valence-electron chi connectivity index (χ3n) is 3.16. The zero-order valence-electron chi connectivity index (χ0n) is 12.6. The third kappa shape index (κ3) is 5.23. The van der Waals surface area contributed by atoms with Gasteiger partial charge in [-0.05, 0) is 17.7 Å². The fourth-order valence-electron chi connectivity index (χ4n) is 2.02. The predicted octanol–water partition coefficient (Wildman–Crippen LogP) is 3.15. The predicted molar refractivity (Wildman–Crippen MR) is 84.4 cm³/mol. The van der Waals surface area contributed by atoms with Gasteiger partial charge in [0.2, 0.25) is 0 Å². The molecular weight excluding hydrogens is 296 g/mol. The summed E-state index contributed by atoms with van der Waals surface area (Å²) in [5, 5.41) is 9.04. The van der Waals surface area contributed by atoms with Crippen molar-refractivity contribution < 1.29 is 24.2 Å². The van der Waals surface area contributed by atoms with Crippen molar-refractivity contribution >= 4 is 11.9 Å². The number of rotatable bonds is 8. The van der Waals surface area contributed by atoms with Crippen molar-refractivity contribution in [2.24, 2.45) is 0 Å². The van der Waals surface area contributed by atoms with E-state index in [-0.39, 0.29) is 17.7 Å². The van der Waals surface area contributed by atoms with Crippen LogP contribution >= 0.6 is 0 Å². The number of esters is 1. The van der Waals surface area contributed by atoms with Crippen molar-refractivity contribution in [3.05, 3.63) is 71.3 Å². The third-order valence-corrected chi connectivity index (χ3v) is 3.16. The number of hydrogen-bond donors (Lipinski definition) is 1. The molecule has 0 aliphatic heterocycles. The highest BCUT2D eigenvalue weighted by Crippen LogP contribution is 2.10. The average Bonchev–Trinajstić information content (AvgIpc) is 2.58. The Bertz CT molecular complexity index is 651. The molecule has 0 saturated carbocycles.